The lowest BCUT2D eigenvalue weighted by Crippen LogP contribution is -2.35. The third-order valence-corrected chi connectivity index (χ3v) is 2.73. The molecular weight excluding hydrogens is 184 g/mol. The minimum Gasteiger partial charge on any atom is -0.363 e. The van der Waals surface area contributed by atoms with Crippen molar-refractivity contribution in [2.75, 3.05) is 26.7 Å². The number of nitrogens with one attached hydrogen (secondary N) is 1. The maximum absolute atomic E-state index is 11.5. The number of carbonyl (C=O) groups is 2. The largest absolute Gasteiger partial charge is 0.363 e. The molecule has 78 valence electrons. The van der Waals surface area contributed by atoms with E-state index in [1.165, 1.54) is 0 Å². The van der Waals surface area contributed by atoms with Crippen molar-refractivity contribution < 1.29 is 14.3 Å². The molecule has 0 spiro atoms. The Labute approximate surface area is 82.4 Å². The molecular formula is C9H14N2O3. The number of carbonyl (C=O) groups excluding carboxylic acids is 2. The van der Waals surface area contributed by atoms with E-state index in [9.17, 15) is 9.59 Å². The summed E-state index contributed by atoms with van der Waals surface area (Å²) in [6, 6.07) is 0. The van der Waals surface area contributed by atoms with Gasteiger partial charge in [0.05, 0.1) is 12.5 Å². The van der Waals surface area contributed by atoms with E-state index in [1.54, 1.807) is 11.9 Å². The summed E-state index contributed by atoms with van der Waals surface area (Å²) in [5.41, 5.74) is 0. The van der Waals surface area contributed by atoms with Gasteiger partial charge in [-0.15, -0.1) is 0 Å². The molecule has 2 amide bonds. The molecule has 14 heavy (non-hydrogen) atoms. The molecule has 0 saturated carbocycles. The normalized spacial score (nSPS) is 30.2. The first-order valence-corrected chi connectivity index (χ1v) is 4.84. The van der Waals surface area contributed by atoms with Crippen LogP contribution in [0.2, 0.25) is 0 Å². The van der Waals surface area contributed by atoms with E-state index in [2.05, 4.69) is 5.32 Å². The smallest absolute Gasteiger partial charge is 0.254 e. The van der Waals surface area contributed by atoms with Gasteiger partial charge in [0.25, 0.3) is 5.91 Å². The van der Waals surface area contributed by atoms with E-state index >= 15 is 0 Å². The summed E-state index contributed by atoms with van der Waals surface area (Å²) in [4.78, 5) is 24.5. The molecule has 2 fully saturated rings. The van der Waals surface area contributed by atoms with Gasteiger partial charge in [-0.25, -0.2) is 0 Å². The Hall–Kier alpha value is -1.10. The van der Waals surface area contributed by atoms with Crippen molar-refractivity contribution in [1.82, 2.24) is 10.2 Å². The van der Waals surface area contributed by atoms with Crippen LogP contribution in [0.25, 0.3) is 0 Å². The lowest BCUT2D eigenvalue weighted by molar-refractivity contribution is -0.131. The minimum absolute atomic E-state index is 0.0250. The second-order valence-electron chi connectivity index (χ2n) is 3.71. The van der Waals surface area contributed by atoms with Crippen molar-refractivity contribution in [1.29, 1.82) is 0 Å². The predicted octanol–water partition coefficient (Wildman–Crippen LogP) is -1.02. The van der Waals surface area contributed by atoms with Gasteiger partial charge in [-0.05, 0) is 6.42 Å². The molecule has 0 bridgehead atoms. The molecule has 2 rings (SSSR count). The van der Waals surface area contributed by atoms with Gasteiger partial charge in [0.15, 0.2) is 6.10 Å². The Morgan fingerprint density at radius 3 is 2.79 bits per heavy atom. The topological polar surface area (TPSA) is 61.9 Å². The van der Waals surface area contributed by atoms with Crippen LogP contribution in [0.5, 0.6) is 0 Å². The van der Waals surface area contributed by atoms with Crippen LogP contribution >= 0.6 is 0 Å². The van der Waals surface area contributed by atoms with E-state index in [4.69, 9.17) is 4.74 Å². The molecule has 2 saturated heterocycles. The van der Waals surface area contributed by atoms with Gasteiger partial charge in [-0.3, -0.25) is 9.59 Å². The van der Waals surface area contributed by atoms with E-state index in [1.807, 2.05) is 0 Å². The molecule has 0 aromatic heterocycles. The molecule has 0 aromatic carbocycles. The molecule has 0 radical (unpaired) electrons. The standard InChI is InChI=1S/C9H14N2O3/c1-10-8(12)6-2-3-11(4-6)9(13)7-5-14-7/h6-7H,2-5H2,1H3,(H,10,12)/t6?,7-/m0/s1. The lowest BCUT2D eigenvalue weighted by atomic mass is 10.1. The van der Waals surface area contributed by atoms with E-state index in [-0.39, 0.29) is 23.8 Å². The number of hydrogen-bond acceptors (Lipinski definition) is 3. The first-order valence-electron chi connectivity index (χ1n) is 4.84. The maximum atomic E-state index is 11.5. The van der Waals surface area contributed by atoms with Crippen LogP contribution in [0, 0.1) is 5.92 Å². The second kappa shape index (κ2) is 3.57. The number of amides is 2. The van der Waals surface area contributed by atoms with Gasteiger partial charge in [-0.1, -0.05) is 0 Å². The minimum atomic E-state index is -0.224. The van der Waals surface area contributed by atoms with Gasteiger partial charge in [0, 0.05) is 20.1 Å². The number of epoxide rings is 1. The first kappa shape index (κ1) is 9.45. The first-order chi connectivity index (χ1) is 6.72. The van der Waals surface area contributed by atoms with Crippen LogP contribution in [0.3, 0.4) is 0 Å². The number of rotatable bonds is 2. The fraction of sp³-hybridized carbons (Fsp3) is 0.778. The average Bonchev–Trinajstić information content (AvgIpc) is 2.93. The van der Waals surface area contributed by atoms with Crippen molar-refractivity contribution in [3.05, 3.63) is 0 Å². The molecule has 2 atom stereocenters. The quantitative estimate of drug-likeness (QED) is 0.578. The molecule has 5 heteroatoms. The maximum Gasteiger partial charge on any atom is 0.254 e. The monoisotopic (exact) mass is 198 g/mol. The van der Waals surface area contributed by atoms with E-state index < -0.39 is 0 Å². The van der Waals surface area contributed by atoms with Gasteiger partial charge < -0.3 is 15.0 Å². The molecule has 0 aromatic rings. The SMILES string of the molecule is CNC(=O)C1CCN(C(=O)[C@@H]2CO2)C1. The molecule has 2 heterocycles. The van der Waals surface area contributed by atoms with Gasteiger partial charge in [0.1, 0.15) is 0 Å². The van der Waals surface area contributed by atoms with Crippen LogP contribution in [-0.2, 0) is 14.3 Å². The van der Waals surface area contributed by atoms with Crippen molar-refractivity contribution in [2.45, 2.75) is 12.5 Å². The predicted molar refractivity (Wildman–Crippen MR) is 48.5 cm³/mol. The summed E-state index contributed by atoms with van der Waals surface area (Å²) in [5, 5.41) is 2.60. The van der Waals surface area contributed by atoms with Gasteiger partial charge >= 0.3 is 0 Å². The highest BCUT2D eigenvalue weighted by Gasteiger charge is 2.39. The van der Waals surface area contributed by atoms with Crippen LogP contribution in [-0.4, -0.2) is 49.6 Å². The summed E-state index contributed by atoms with van der Waals surface area (Å²) >= 11 is 0. The van der Waals surface area contributed by atoms with Crippen molar-refractivity contribution in [3.63, 3.8) is 0 Å². The third kappa shape index (κ3) is 1.72. The van der Waals surface area contributed by atoms with Gasteiger partial charge in [-0.2, -0.15) is 0 Å². The highest BCUT2D eigenvalue weighted by Crippen LogP contribution is 2.21. The molecule has 1 N–H and O–H groups in total. The molecule has 1 unspecified atom stereocenters. The number of nitrogens with zero attached hydrogens (tertiary/aromatic N) is 1. The van der Waals surface area contributed by atoms with Crippen molar-refractivity contribution >= 4 is 11.8 Å². The lowest BCUT2D eigenvalue weighted by Gasteiger charge is -2.14. The second-order valence-corrected chi connectivity index (χ2v) is 3.71. The number of likely N-dealkylation sites (tertiary alicyclic amines) is 1. The molecule has 5 nitrogen and oxygen atoms in total. The van der Waals surface area contributed by atoms with E-state index in [0.29, 0.717) is 19.7 Å². The molecule has 2 aliphatic heterocycles. The highest BCUT2D eigenvalue weighted by molar-refractivity contribution is 5.85. The number of hydrogen-bond donors (Lipinski definition) is 1. The Balaban J connectivity index is 1.87. The van der Waals surface area contributed by atoms with Gasteiger partial charge in [0.2, 0.25) is 5.91 Å². The molecule has 2 aliphatic rings. The summed E-state index contributed by atoms with van der Waals surface area (Å²) in [6.07, 6.45) is 0.538. The summed E-state index contributed by atoms with van der Waals surface area (Å²) in [7, 11) is 1.62. The Morgan fingerprint density at radius 2 is 2.21 bits per heavy atom. The summed E-state index contributed by atoms with van der Waals surface area (Å²) in [5.74, 6) is 0.0242. The molecule has 0 aliphatic carbocycles. The van der Waals surface area contributed by atoms with Crippen LogP contribution in [0.15, 0.2) is 0 Å². The summed E-state index contributed by atoms with van der Waals surface area (Å²) in [6.45, 7) is 1.76. The fourth-order valence-corrected chi connectivity index (χ4v) is 1.77. The summed E-state index contributed by atoms with van der Waals surface area (Å²) < 4.78 is 4.91. The van der Waals surface area contributed by atoms with Crippen LogP contribution < -0.4 is 5.32 Å². The van der Waals surface area contributed by atoms with Crippen molar-refractivity contribution in [2.24, 2.45) is 5.92 Å². The highest BCUT2D eigenvalue weighted by atomic mass is 16.6. The Kier molecular flexibility index (Phi) is 2.41. The number of ether oxygens (including phenoxy) is 1. The Morgan fingerprint density at radius 1 is 1.50 bits per heavy atom. The van der Waals surface area contributed by atoms with Crippen LogP contribution in [0.4, 0.5) is 0 Å². The third-order valence-electron chi connectivity index (χ3n) is 2.73. The fourth-order valence-electron chi connectivity index (χ4n) is 1.77. The Bertz CT molecular complexity index is 263. The zero-order chi connectivity index (χ0) is 10.1. The van der Waals surface area contributed by atoms with Crippen molar-refractivity contribution in [3.8, 4) is 0 Å². The zero-order valence-electron chi connectivity index (χ0n) is 8.16. The average molecular weight is 198 g/mol. The van der Waals surface area contributed by atoms with Crippen LogP contribution in [0.1, 0.15) is 6.42 Å². The zero-order valence-corrected chi connectivity index (χ0v) is 8.16. The van der Waals surface area contributed by atoms with E-state index in [0.717, 1.165) is 6.42 Å².